The van der Waals surface area contributed by atoms with Gasteiger partial charge in [0.25, 0.3) is 0 Å². The number of nitrogens with one attached hydrogen (secondary N) is 2. The van der Waals surface area contributed by atoms with E-state index in [9.17, 15) is 0 Å². The van der Waals surface area contributed by atoms with E-state index in [4.69, 9.17) is 4.98 Å². The Labute approximate surface area is 132 Å². The van der Waals surface area contributed by atoms with Gasteiger partial charge < -0.3 is 15.2 Å². The number of para-hydroxylation sites is 1. The zero-order valence-electron chi connectivity index (χ0n) is 13.4. The molecule has 2 aliphatic rings. The van der Waals surface area contributed by atoms with Crippen molar-refractivity contribution < 1.29 is 0 Å². The molecule has 4 nitrogen and oxygen atoms in total. The summed E-state index contributed by atoms with van der Waals surface area (Å²) in [4.78, 5) is 11.1. The van der Waals surface area contributed by atoms with Crippen molar-refractivity contribution in [3.8, 4) is 0 Å². The number of H-pyrrole nitrogens is 1. The van der Waals surface area contributed by atoms with E-state index in [0.717, 1.165) is 11.4 Å². The van der Waals surface area contributed by atoms with E-state index in [1.165, 1.54) is 68.9 Å². The predicted molar refractivity (Wildman–Crippen MR) is 90.2 cm³/mol. The second-order valence-corrected chi connectivity index (χ2v) is 7.03. The average molecular weight is 298 g/mol. The summed E-state index contributed by atoms with van der Waals surface area (Å²) in [7, 11) is 0. The smallest absolute Gasteiger partial charge is 0.110 e. The van der Waals surface area contributed by atoms with Gasteiger partial charge in [-0.25, -0.2) is 4.98 Å². The third kappa shape index (κ3) is 2.77. The molecule has 118 valence electrons. The number of fused-ring (bicyclic) bond motifs is 1. The number of aromatic amines is 1. The van der Waals surface area contributed by atoms with Crippen molar-refractivity contribution >= 4 is 11.0 Å². The number of likely N-dealkylation sites (tertiary alicyclic amines) is 1. The number of piperidine rings is 1. The fourth-order valence-corrected chi connectivity index (χ4v) is 4.01. The van der Waals surface area contributed by atoms with E-state index in [0.29, 0.717) is 5.92 Å². The first-order chi connectivity index (χ1) is 10.8. The number of aromatic nitrogens is 2. The molecule has 2 N–H and O–H groups in total. The zero-order chi connectivity index (χ0) is 14.9. The van der Waals surface area contributed by atoms with Gasteiger partial charge in [0.1, 0.15) is 5.82 Å². The van der Waals surface area contributed by atoms with Crippen LogP contribution in [0.1, 0.15) is 36.6 Å². The minimum absolute atomic E-state index is 0.602. The van der Waals surface area contributed by atoms with Crippen molar-refractivity contribution in [2.24, 2.45) is 5.92 Å². The summed E-state index contributed by atoms with van der Waals surface area (Å²) in [6, 6.07) is 6.39. The van der Waals surface area contributed by atoms with Gasteiger partial charge in [0.05, 0.1) is 11.0 Å². The molecule has 2 aliphatic heterocycles. The molecule has 1 aromatic heterocycles. The molecular formula is C18H26N4. The van der Waals surface area contributed by atoms with Gasteiger partial charge in [-0.15, -0.1) is 0 Å². The van der Waals surface area contributed by atoms with Gasteiger partial charge in [0.2, 0.25) is 0 Å². The maximum absolute atomic E-state index is 4.88. The van der Waals surface area contributed by atoms with E-state index in [1.54, 1.807) is 0 Å². The summed E-state index contributed by atoms with van der Waals surface area (Å²) in [6.45, 7) is 8.28. The van der Waals surface area contributed by atoms with E-state index >= 15 is 0 Å². The number of nitrogens with zero attached hydrogens (tertiary/aromatic N) is 2. The molecule has 0 spiro atoms. The summed E-state index contributed by atoms with van der Waals surface area (Å²) in [6.07, 6.45) is 3.82. The molecule has 4 heteroatoms. The lowest BCUT2D eigenvalue weighted by molar-refractivity contribution is 0.185. The molecule has 1 unspecified atom stereocenters. The van der Waals surface area contributed by atoms with Crippen LogP contribution in [-0.4, -0.2) is 47.6 Å². The number of imidazole rings is 1. The topological polar surface area (TPSA) is 44.0 Å². The predicted octanol–water partition coefficient (Wildman–Crippen LogP) is 2.66. The Morgan fingerprint density at radius 1 is 1.23 bits per heavy atom. The second kappa shape index (κ2) is 6.01. The van der Waals surface area contributed by atoms with Crippen molar-refractivity contribution in [3.63, 3.8) is 0 Å². The summed E-state index contributed by atoms with van der Waals surface area (Å²) in [5, 5.41) is 3.48. The third-order valence-electron chi connectivity index (χ3n) is 5.39. The van der Waals surface area contributed by atoms with Gasteiger partial charge in [-0.1, -0.05) is 12.1 Å². The summed E-state index contributed by atoms with van der Waals surface area (Å²) >= 11 is 0. The highest BCUT2D eigenvalue weighted by atomic mass is 15.1. The summed E-state index contributed by atoms with van der Waals surface area (Å²) in [5.41, 5.74) is 3.61. The summed E-state index contributed by atoms with van der Waals surface area (Å²) < 4.78 is 0. The average Bonchev–Trinajstić information content (AvgIpc) is 3.18. The molecule has 2 aromatic rings. The molecule has 2 fully saturated rings. The largest absolute Gasteiger partial charge is 0.342 e. The van der Waals surface area contributed by atoms with Crippen molar-refractivity contribution in [1.29, 1.82) is 0 Å². The lowest BCUT2D eigenvalue weighted by Gasteiger charge is -2.32. The molecule has 0 radical (unpaired) electrons. The molecule has 0 bridgehead atoms. The number of benzene rings is 1. The number of hydrogen-bond donors (Lipinski definition) is 2. The van der Waals surface area contributed by atoms with Crippen LogP contribution >= 0.6 is 0 Å². The molecule has 4 rings (SSSR count). The highest BCUT2D eigenvalue weighted by molar-refractivity contribution is 5.78. The van der Waals surface area contributed by atoms with Crippen molar-refractivity contribution in [2.75, 3.05) is 32.7 Å². The lowest BCUT2D eigenvalue weighted by atomic mass is 9.95. The lowest BCUT2D eigenvalue weighted by Crippen LogP contribution is -2.37. The molecule has 22 heavy (non-hydrogen) atoms. The number of hydrogen-bond acceptors (Lipinski definition) is 3. The SMILES string of the molecule is Cc1cccc2[nH]c(C3CCN(CC4CCNC4)CC3)nc12. The van der Waals surface area contributed by atoms with Crippen LogP contribution in [0.25, 0.3) is 11.0 Å². The molecule has 0 amide bonds. The van der Waals surface area contributed by atoms with Gasteiger partial charge in [0, 0.05) is 12.5 Å². The number of rotatable bonds is 3. The second-order valence-electron chi connectivity index (χ2n) is 7.03. The Bertz CT molecular complexity index is 634. The van der Waals surface area contributed by atoms with E-state index < -0.39 is 0 Å². The van der Waals surface area contributed by atoms with Gasteiger partial charge in [-0.3, -0.25) is 0 Å². The highest BCUT2D eigenvalue weighted by Crippen LogP contribution is 2.29. The van der Waals surface area contributed by atoms with Crippen LogP contribution in [0.5, 0.6) is 0 Å². The van der Waals surface area contributed by atoms with Gasteiger partial charge in [-0.05, 0) is 69.9 Å². The van der Waals surface area contributed by atoms with E-state index in [-0.39, 0.29) is 0 Å². The van der Waals surface area contributed by atoms with Crippen LogP contribution in [0.4, 0.5) is 0 Å². The molecule has 2 saturated heterocycles. The maximum atomic E-state index is 4.88. The third-order valence-corrected chi connectivity index (χ3v) is 5.39. The first kappa shape index (κ1) is 14.2. The highest BCUT2D eigenvalue weighted by Gasteiger charge is 2.25. The van der Waals surface area contributed by atoms with E-state index in [1.807, 2.05) is 0 Å². The molecule has 1 atom stereocenters. The van der Waals surface area contributed by atoms with Gasteiger partial charge in [0.15, 0.2) is 0 Å². The van der Waals surface area contributed by atoms with Crippen molar-refractivity contribution in [3.05, 3.63) is 29.6 Å². The van der Waals surface area contributed by atoms with Crippen molar-refractivity contribution in [2.45, 2.75) is 32.1 Å². The Morgan fingerprint density at radius 3 is 2.82 bits per heavy atom. The van der Waals surface area contributed by atoms with Crippen LogP contribution in [-0.2, 0) is 0 Å². The fraction of sp³-hybridized carbons (Fsp3) is 0.611. The van der Waals surface area contributed by atoms with Gasteiger partial charge >= 0.3 is 0 Å². The van der Waals surface area contributed by atoms with Crippen LogP contribution in [0.15, 0.2) is 18.2 Å². The number of aryl methyl sites for hydroxylation is 1. The first-order valence-corrected chi connectivity index (χ1v) is 8.68. The minimum atomic E-state index is 0.602. The molecule has 0 saturated carbocycles. The molecule has 1 aromatic carbocycles. The Hall–Kier alpha value is -1.39. The van der Waals surface area contributed by atoms with Crippen LogP contribution < -0.4 is 5.32 Å². The molecular weight excluding hydrogens is 272 g/mol. The Kier molecular flexibility index (Phi) is 3.89. The molecule has 3 heterocycles. The van der Waals surface area contributed by atoms with Crippen LogP contribution in [0, 0.1) is 12.8 Å². The zero-order valence-corrected chi connectivity index (χ0v) is 13.4. The van der Waals surface area contributed by atoms with Crippen molar-refractivity contribution in [1.82, 2.24) is 20.2 Å². The Balaban J connectivity index is 1.40. The normalized spacial score (nSPS) is 24.3. The first-order valence-electron chi connectivity index (χ1n) is 8.68. The quantitative estimate of drug-likeness (QED) is 0.915. The van der Waals surface area contributed by atoms with Crippen LogP contribution in [0.3, 0.4) is 0 Å². The minimum Gasteiger partial charge on any atom is -0.342 e. The molecule has 0 aliphatic carbocycles. The monoisotopic (exact) mass is 298 g/mol. The van der Waals surface area contributed by atoms with Gasteiger partial charge in [-0.2, -0.15) is 0 Å². The van der Waals surface area contributed by atoms with E-state index in [2.05, 4.69) is 40.3 Å². The fourth-order valence-electron chi connectivity index (χ4n) is 4.01. The standard InChI is InChI=1S/C18H26N4/c1-13-3-2-4-16-17(13)21-18(20-16)15-6-9-22(10-7-15)12-14-5-8-19-11-14/h2-4,14-15,19H,5-12H2,1H3,(H,20,21). The maximum Gasteiger partial charge on any atom is 0.110 e. The summed E-state index contributed by atoms with van der Waals surface area (Å²) in [5.74, 6) is 2.67. The Morgan fingerprint density at radius 2 is 2.09 bits per heavy atom. The van der Waals surface area contributed by atoms with Crippen LogP contribution in [0.2, 0.25) is 0 Å².